The fourth-order valence-electron chi connectivity index (χ4n) is 3.08. The van der Waals surface area contributed by atoms with Crippen molar-refractivity contribution in [2.75, 3.05) is 13.1 Å². The second-order valence-electron chi connectivity index (χ2n) is 6.34. The van der Waals surface area contributed by atoms with Crippen molar-refractivity contribution in [3.05, 3.63) is 35.9 Å². The minimum absolute atomic E-state index is 0.0705. The molecule has 1 aliphatic heterocycles. The summed E-state index contributed by atoms with van der Waals surface area (Å²) < 4.78 is 1.72. The molecule has 0 atom stereocenters. The first-order valence-corrected chi connectivity index (χ1v) is 8.31. The van der Waals surface area contributed by atoms with Crippen LogP contribution >= 0.6 is 0 Å². The molecule has 2 aromatic rings. The molecule has 0 spiro atoms. The zero-order valence-electron chi connectivity index (χ0n) is 13.0. The number of aromatic nitrogens is 2. The van der Waals surface area contributed by atoms with E-state index in [2.05, 4.69) is 10.3 Å². The van der Waals surface area contributed by atoms with Gasteiger partial charge < -0.3 is 10.2 Å². The summed E-state index contributed by atoms with van der Waals surface area (Å²) in [5, 5.41) is 2.95. The number of imidazole rings is 1. The highest BCUT2D eigenvalue weighted by atomic mass is 16.2. The number of fused-ring (bicyclic) bond motifs is 1. The Morgan fingerprint density at radius 1 is 1.13 bits per heavy atom. The van der Waals surface area contributed by atoms with Gasteiger partial charge in [-0.3, -0.25) is 14.0 Å². The zero-order chi connectivity index (χ0) is 15.8. The van der Waals surface area contributed by atoms with Crippen molar-refractivity contribution < 1.29 is 9.59 Å². The SMILES string of the molecule is O=C(NC1CC1)c1nc(C(=O)N2CCCCC2)c2ccccn12. The monoisotopic (exact) mass is 312 g/mol. The van der Waals surface area contributed by atoms with Crippen LogP contribution in [-0.4, -0.2) is 45.2 Å². The van der Waals surface area contributed by atoms with Crippen LogP contribution in [0.3, 0.4) is 0 Å². The van der Waals surface area contributed by atoms with Gasteiger partial charge in [-0.2, -0.15) is 0 Å². The summed E-state index contributed by atoms with van der Waals surface area (Å²) in [6.45, 7) is 1.54. The molecular weight excluding hydrogens is 292 g/mol. The molecular formula is C17H20N4O2. The zero-order valence-corrected chi connectivity index (χ0v) is 13.0. The molecule has 1 saturated carbocycles. The normalized spacial score (nSPS) is 18.2. The molecule has 0 aromatic carbocycles. The third-order valence-corrected chi connectivity index (χ3v) is 4.51. The van der Waals surface area contributed by atoms with Crippen LogP contribution in [0.2, 0.25) is 0 Å². The van der Waals surface area contributed by atoms with E-state index < -0.39 is 0 Å². The lowest BCUT2D eigenvalue weighted by atomic mass is 10.1. The molecule has 2 fully saturated rings. The van der Waals surface area contributed by atoms with Crippen molar-refractivity contribution in [3.8, 4) is 0 Å². The minimum atomic E-state index is -0.202. The predicted octanol–water partition coefficient (Wildman–Crippen LogP) is 1.85. The second-order valence-corrected chi connectivity index (χ2v) is 6.34. The third kappa shape index (κ3) is 2.69. The first-order chi connectivity index (χ1) is 11.2. The topological polar surface area (TPSA) is 66.7 Å². The molecule has 120 valence electrons. The van der Waals surface area contributed by atoms with E-state index in [1.165, 1.54) is 6.42 Å². The van der Waals surface area contributed by atoms with Crippen LogP contribution in [0.4, 0.5) is 0 Å². The summed E-state index contributed by atoms with van der Waals surface area (Å²) in [6.07, 6.45) is 7.07. The van der Waals surface area contributed by atoms with Crippen molar-refractivity contribution in [2.24, 2.45) is 0 Å². The quantitative estimate of drug-likeness (QED) is 0.940. The number of nitrogens with zero attached hydrogens (tertiary/aromatic N) is 3. The molecule has 3 heterocycles. The summed E-state index contributed by atoms with van der Waals surface area (Å²) >= 11 is 0. The number of piperidine rings is 1. The number of amides is 2. The minimum Gasteiger partial charge on any atom is -0.347 e. The fourth-order valence-corrected chi connectivity index (χ4v) is 3.08. The van der Waals surface area contributed by atoms with Crippen LogP contribution < -0.4 is 5.32 Å². The first kappa shape index (κ1) is 14.2. The van der Waals surface area contributed by atoms with Crippen molar-refractivity contribution in [1.82, 2.24) is 19.6 Å². The summed E-state index contributed by atoms with van der Waals surface area (Å²) in [5.41, 5.74) is 1.08. The van der Waals surface area contributed by atoms with E-state index in [9.17, 15) is 9.59 Å². The number of carbonyl (C=O) groups excluding carboxylic acids is 2. The molecule has 6 nitrogen and oxygen atoms in total. The van der Waals surface area contributed by atoms with Gasteiger partial charge in [0, 0.05) is 25.3 Å². The van der Waals surface area contributed by atoms with E-state index in [1.54, 1.807) is 10.6 Å². The fraction of sp³-hybridized carbons (Fsp3) is 0.471. The van der Waals surface area contributed by atoms with Crippen LogP contribution in [0.15, 0.2) is 24.4 Å². The van der Waals surface area contributed by atoms with Gasteiger partial charge in [0.25, 0.3) is 11.8 Å². The summed E-state index contributed by atoms with van der Waals surface area (Å²) in [4.78, 5) is 31.5. The van der Waals surface area contributed by atoms with E-state index in [0.29, 0.717) is 17.0 Å². The van der Waals surface area contributed by atoms with Gasteiger partial charge >= 0.3 is 0 Å². The summed E-state index contributed by atoms with van der Waals surface area (Å²) in [6, 6.07) is 5.82. The van der Waals surface area contributed by atoms with Gasteiger partial charge in [0.15, 0.2) is 5.69 Å². The standard InChI is InChI=1S/C17H20N4O2/c22-16(18-12-7-8-12)15-19-14(13-6-2-5-11-21(13)15)17(23)20-9-3-1-4-10-20/h2,5-6,11-12H,1,3-4,7-10H2,(H,18,22). The van der Waals surface area contributed by atoms with Gasteiger partial charge in [0.2, 0.25) is 5.82 Å². The lowest BCUT2D eigenvalue weighted by Crippen LogP contribution is -2.36. The van der Waals surface area contributed by atoms with Gasteiger partial charge in [-0.1, -0.05) is 6.07 Å². The Hall–Kier alpha value is -2.37. The Morgan fingerprint density at radius 2 is 1.91 bits per heavy atom. The highest BCUT2D eigenvalue weighted by molar-refractivity contribution is 6.02. The van der Waals surface area contributed by atoms with E-state index in [4.69, 9.17) is 0 Å². The summed E-state index contributed by atoms with van der Waals surface area (Å²) in [7, 11) is 0. The maximum atomic E-state index is 12.8. The lowest BCUT2D eigenvalue weighted by molar-refractivity contribution is 0.0721. The lowest BCUT2D eigenvalue weighted by Gasteiger charge is -2.25. The van der Waals surface area contributed by atoms with E-state index >= 15 is 0 Å². The van der Waals surface area contributed by atoms with E-state index in [-0.39, 0.29) is 17.9 Å². The number of hydrogen-bond donors (Lipinski definition) is 1. The average molecular weight is 312 g/mol. The molecule has 23 heavy (non-hydrogen) atoms. The van der Waals surface area contributed by atoms with E-state index in [1.807, 2.05) is 23.1 Å². The van der Waals surface area contributed by atoms with Gasteiger partial charge in [-0.15, -0.1) is 0 Å². The van der Waals surface area contributed by atoms with Gasteiger partial charge in [0.05, 0.1) is 5.52 Å². The Kier molecular flexibility index (Phi) is 3.52. The molecule has 0 bridgehead atoms. The second kappa shape index (κ2) is 5.68. The molecule has 1 aliphatic carbocycles. The number of likely N-dealkylation sites (tertiary alicyclic amines) is 1. The smallest absolute Gasteiger partial charge is 0.287 e. The van der Waals surface area contributed by atoms with Crippen molar-refractivity contribution in [3.63, 3.8) is 0 Å². The molecule has 2 amide bonds. The van der Waals surface area contributed by atoms with Gasteiger partial charge in [-0.05, 0) is 44.2 Å². The number of carbonyl (C=O) groups is 2. The third-order valence-electron chi connectivity index (χ3n) is 4.51. The molecule has 0 unspecified atom stereocenters. The molecule has 1 N–H and O–H groups in total. The van der Waals surface area contributed by atoms with Crippen molar-refractivity contribution in [2.45, 2.75) is 38.1 Å². The number of nitrogens with one attached hydrogen (secondary N) is 1. The number of hydrogen-bond acceptors (Lipinski definition) is 3. The van der Waals surface area contributed by atoms with Crippen molar-refractivity contribution in [1.29, 1.82) is 0 Å². The summed E-state index contributed by atoms with van der Waals surface area (Å²) in [5.74, 6) is 0.0260. The van der Waals surface area contributed by atoms with Crippen LogP contribution in [0.1, 0.15) is 53.2 Å². The largest absolute Gasteiger partial charge is 0.347 e. The molecule has 1 saturated heterocycles. The Labute approximate surface area is 134 Å². The molecule has 2 aromatic heterocycles. The number of rotatable bonds is 3. The molecule has 4 rings (SSSR count). The predicted molar refractivity (Wildman–Crippen MR) is 85.4 cm³/mol. The van der Waals surface area contributed by atoms with Gasteiger partial charge in [0.1, 0.15) is 0 Å². The highest BCUT2D eigenvalue weighted by Crippen LogP contribution is 2.21. The maximum absolute atomic E-state index is 12.8. The van der Waals surface area contributed by atoms with Crippen LogP contribution in [-0.2, 0) is 0 Å². The Morgan fingerprint density at radius 3 is 2.65 bits per heavy atom. The maximum Gasteiger partial charge on any atom is 0.287 e. The molecule has 0 radical (unpaired) electrons. The highest BCUT2D eigenvalue weighted by Gasteiger charge is 2.29. The Bertz CT molecular complexity index is 757. The first-order valence-electron chi connectivity index (χ1n) is 8.31. The van der Waals surface area contributed by atoms with Gasteiger partial charge in [-0.25, -0.2) is 4.98 Å². The Balaban J connectivity index is 1.71. The van der Waals surface area contributed by atoms with Crippen molar-refractivity contribution >= 4 is 17.3 Å². The van der Waals surface area contributed by atoms with Crippen LogP contribution in [0, 0.1) is 0 Å². The number of pyridine rings is 1. The van der Waals surface area contributed by atoms with Crippen LogP contribution in [0.25, 0.3) is 5.52 Å². The van der Waals surface area contributed by atoms with Crippen LogP contribution in [0.5, 0.6) is 0 Å². The average Bonchev–Trinajstić information content (AvgIpc) is 3.32. The molecule has 6 heteroatoms. The molecule has 2 aliphatic rings. The van der Waals surface area contributed by atoms with E-state index in [0.717, 1.165) is 38.8 Å².